The van der Waals surface area contributed by atoms with Crippen LogP contribution in [0.15, 0.2) is 54.6 Å². The number of aromatic nitrogens is 2. The van der Waals surface area contributed by atoms with Gasteiger partial charge in [0.05, 0.1) is 5.69 Å². The maximum absolute atomic E-state index is 4.92. The summed E-state index contributed by atoms with van der Waals surface area (Å²) in [6, 6.07) is 19.1. The highest BCUT2D eigenvalue weighted by Crippen LogP contribution is 2.33. The van der Waals surface area contributed by atoms with Crippen LogP contribution in [0, 0.1) is 6.92 Å². The summed E-state index contributed by atoms with van der Waals surface area (Å²) in [5.74, 6) is 1.11. The van der Waals surface area contributed by atoms with E-state index in [1.54, 1.807) is 0 Å². The smallest absolute Gasteiger partial charge is 0.141 e. The number of rotatable bonds is 1. The van der Waals surface area contributed by atoms with Crippen molar-refractivity contribution in [1.82, 2.24) is 9.55 Å². The summed E-state index contributed by atoms with van der Waals surface area (Å²) in [4.78, 5) is 4.92. The van der Waals surface area contributed by atoms with Gasteiger partial charge in [-0.2, -0.15) is 0 Å². The average molecular weight is 260 g/mol. The van der Waals surface area contributed by atoms with Crippen LogP contribution in [0.4, 0.5) is 0 Å². The third kappa shape index (κ3) is 1.61. The molecule has 4 rings (SSSR count). The molecule has 0 amide bonds. The molecule has 0 atom stereocenters. The second-order valence-corrected chi connectivity index (χ2v) is 5.29. The zero-order valence-corrected chi connectivity index (χ0v) is 11.5. The highest BCUT2D eigenvalue weighted by Gasteiger charge is 2.21. The molecule has 98 valence electrons. The summed E-state index contributed by atoms with van der Waals surface area (Å²) in [6.45, 7) is 3.20. The van der Waals surface area contributed by atoms with Gasteiger partial charge < -0.3 is 4.57 Å². The number of fused-ring (bicyclic) bond motifs is 3. The van der Waals surface area contributed by atoms with E-state index in [-0.39, 0.29) is 0 Å². The van der Waals surface area contributed by atoms with Gasteiger partial charge in [0.15, 0.2) is 0 Å². The first kappa shape index (κ1) is 11.5. The molecule has 20 heavy (non-hydrogen) atoms. The van der Waals surface area contributed by atoms with Gasteiger partial charge in [-0.3, -0.25) is 0 Å². The summed E-state index contributed by atoms with van der Waals surface area (Å²) in [7, 11) is 0. The van der Waals surface area contributed by atoms with Crippen LogP contribution in [0.3, 0.4) is 0 Å². The molecule has 0 saturated heterocycles. The topological polar surface area (TPSA) is 17.8 Å². The lowest BCUT2D eigenvalue weighted by molar-refractivity contribution is 0.667. The number of nitrogens with zero attached hydrogens (tertiary/aromatic N) is 2. The lowest BCUT2D eigenvalue weighted by atomic mass is 10.0. The predicted molar refractivity (Wildman–Crippen MR) is 81.5 cm³/mol. The Morgan fingerprint density at radius 1 is 0.950 bits per heavy atom. The largest absolute Gasteiger partial charge is 0.327 e. The van der Waals surface area contributed by atoms with Crippen molar-refractivity contribution in [3.05, 3.63) is 65.9 Å². The van der Waals surface area contributed by atoms with Crippen molar-refractivity contribution >= 4 is 0 Å². The Labute approximate surface area is 118 Å². The van der Waals surface area contributed by atoms with Gasteiger partial charge in [0, 0.05) is 23.4 Å². The van der Waals surface area contributed by atoms with E-state index in [1.165, 1.54) is 22.4 Å². The minimum atomic E-state index is 1.03. The molecular formula is C18H16N2. The number of aryl methyl sites for hydroxylation is 1. The van der Waals surface area contributed by atoms with Crippen molar-refractivity contribution in [2.75, 3.05) is 0 Å². The van der Waals surface area contributed by atoms with E-state index in [1.807, 2.05) is 6.07 Å². The molecule has 0 unspecified atom stereocenters. The summed E-state index contributed by atoms with van der Waals surface area (Å²) < 4.78 is 2.35. The van der Waals surface area contributed by atoms with Crippen molar-refractivity contribution in [2.45, 2.75) is 19.9 Å². The molecule has 3 aromatic rings. The summed E-state index contributed by atoms with van der Waals surface area (Å²) in [5, 5.41) is 0. The van der Waals surface area contributed by atoms with Crippen molar-refractivity contribution in [3.8, 4) is 22.6 Å². The van der Waals surface area contributed by atoms with E-state index in [2.05, 4.69) is 60.0 Å². The van der Waals surface area contributed by atoms with Gasteiger partial charge in [-0.1, -0.05) is 54.6 Å². The number of benzene rings is 2. The van der Waals surface area contributed by atoms with E-state index in [9.17, 15) is 0 Å². The van der Waals surface area contributed by atoms with Crippen LogP contribution in [0.2, 0.25) is 0 Å². The maximum Gasteiger partial charge on any atom is 0.141 e. The van der Waals surface area contributed by atoms with Gasteiger partial charge in [-0.15, -0.1) is 0 Å². The van der Waals surface area contributed by atoms with Crippen LogP contribution in [0.1, 0.15) is 11.3 Å². The quantitative estimate of drug-likeness (QED) is 0.644. The molecule has 2 heterocycles. The minimum absolute atomic E-state index is 1.03. The van der Waals surface area contributed by atoms with Crippen LogP contribution in [-0.4, -0.2) is 9.55 Å². The van der Waals surface area contributed by atoms with Crippen molar-refractivity contribution in [2.24, 2.45) is 0 Å². The van der Waals surface area contributed by atoms with Crippen molar-refractivity contribution in [1.29, 1.82) is 0 Å². The first-order valence-corrected chi connectivity index (χ1v) is 7.05. The highest BCUT2D eigenvalue weighted by atomic mass is 15.1. The molecule has 0 radical (unpaired) electrons. The summed E-state index contributed by atoms with van der Waals surface area (Å²) in [5.41, 5.74) is 6.26. The second kappa shape index (κ2) is 4.34. The lowest BCUT2D eigenvalue weighted by Gasteiger charge is -2.18. The molecule has 0 spiro atoms. The van der Waals surface area contributed by atoms with Crippen LogP contribution in [0.5, 0.6) is 0 Å². The van der Waals surface area contributed by atoms with Crippen molar-refractivity contribution in [3.63, 3.8) is 0 Å². The van der Waals surface area contributed by atoms with E-state index in [4.69, 9.17) is 4.98 Å². The zero-order valence-electron chi connectivity index (χ0n) is 11.5. The Hall–Kier alpha value is -2.35. The Morgan fingerprint density at radius 2 is 1.70 bits per heavy atom. The van der Waals surface area contributed by atoms with E-state index < -0.39 is 0 Å². The second-order valence-electron chi connectivity index (χ2n) is 5.29. The molecule has 0 N–H and O–H groups in total. The van der Waals surface area contributed by atoms with E-state index in [0.29, 0.717) is 0 Å². The molecule has 0 aliphatic carbocycles. The molecule has 2 aromatic carbocycles. The molecule has 2 heteroatoms. The Kier molecular flexibility index (Phi) is 2.49. The van der Waals surface area contributed by atoms with Crippen molar-refractivity contribution < 1.29 is 0 Å². The predicted octanol–water partition coefficient (Wildman–Crippen LogP) is 4.08. The normalized spacial score (nSPS) is 12.8. The van der Waals surface area contributed by atoms with Gasteiger partial charge in [0.1, 0.15) is 5.82 Å². The molecule has 0 saturated carbocycles. The van der Waals surface area contributed by atoms with E-state index >= 15 is 0 Å². The van der Waals surface area contributed by atoms with Crippen LogP contribution in [0.25, 0.3) is 22.6 Å². The first-order chi connectivity index (χ1) is 9.84. The standard InChI is InChI=1S/C18H16N2/c1-13-17(15-8-3-2-4-9-15)19-18-16-10-6-5-7-14(16)11-12-20(13)18/h2-10H,11-12H2,1H3. The maximum atomic E-state index is 4.92. The zero-order chi connectivity index (χ0) is 13.5. The molecule has 1 aliphatic heterocycles. The third-order valence-electron chi connectivity index (χ3n) is 4.13. The van der Waals surface area contributed by atoms with Gasteiger partial charge >= 0.3 is 0 Å². The van der Waals surface area contributed by atoms with E-state index in [0.717, 1.165) is 24.5 Å². The number of hydrogen-bond acceptors (Lipinski definition) is 1. The number of imidazole rings is 1. The van der Waals surface area contributed by atoms with Gasteiger partial charge in [0.2, 0.25) is 0 Å². The Balaban J connectivity index is 1.94. The third-order valence-corrected chi connectivity index (χ3v) is 4.13. The van der Waals surface area contributed by atoms with Gasteiger partial charge in [0.25, 0.3) is 0 Å². The minimum Gasteiger partial charge on any atom is -0.327 e. The lowest BCUT2D eigenvalue weighted by Crippen LogP contribution is -2.11. The van der Waals surface area contributed by atoms with Crippen LogP contribution >= 0.6 is 0 Å². The Bertz CT molecular complexity index is 769. The number of hydrogen-bond donors (Lipinski definition) is 0. The molecule has 1 aromatic heterocycles. The average Bonchev–Trinajstić information content (AvgIpc) is 2.86. The Morgan fingerprint density at radius 3 is 2.55 bits per heavy atom. The SMILES string of the molecule is Cc1c(-c2ccccc2)nc2n1CCc1ccccc1-2. The molecule has 1 aliphatic rings. The molecular weight excluding hydrogens is 244 g/mol. The summed E-state index contributed by atoms with van der Waals surface area (Å²) in [6.07, 6.45) is 1.09. The van der Waals surface area contributed by atoms with Crippen LogP contribution < -0.4 is 0 Å². The first-order valence-electron chi connectivity index (χ1n) is 7.05. The summed E-state index contributed by atoms with van der Waals surface area (Å²) >= 11 is 0. The monoisotopic (exact) mass is 260 g/mol. The molecule has 0 bridgehead atoms. The fraction of sp³-hybridized carbons (Fsp3) is 0.167. The van der Waals surface area contributed by atoms with Gasteiger partial charge in [-0.05, 0) is 18.9 Å². The molecule has 0 fully saturated rings. The molecule has 2 nitrogen and oxygen atoms in total. The van der Waals surface area contributed by atoms with Crippen LogP contribution in [-0.2, 0) is 13.0 Å². The fourth-order valence-corrected chi connectivity index (χ4v) is 3.07. The van der Waals surface area contributed by atoms with Gasteiger partial charge in [-0.25, -0.2) is 4.98 Å². The fourth-order valence-electron chi connectivity index (χ4n) is 3.07. The highest BCUT2D eigenvalue weighted by molar-refractivity contribution is 5.70.